The first kappa shape index (κ1) is 34.3. The Morgan fingerprint density at radius 1 is 1.05 bits per heavy atom. The van der Waals surface area contributed by atoms with E-state index >= 15 is 0 Å². The van der Waals surface area contributed by atoms with E-state index in [9.17, 15) is 28.1 Å². The van der Waals surface area contributed by atoms with Gasteiger partial charge in [0.05, 0.1) is 22.6 Å². The van der Waals surface area contributed by atoms with Crippen molar-refractivity contribution in [2.24, 2.45) is 5.92 Å². The molecule has 0 aliphatic heterocycles. The smallest absolute Gasteiger partial charge is 0.273 e. The van der Waals surface area contributed by atoms with Gasteiger partial charge in [0.1, 0.15) is 18.3 Å². The number of carbonyl (C=O) groups is 2. The minimum atomic E-state index is -4.51. The molecule has 0 spiro atoms. The number of aryl methyl sites for hydroxylation is 1. The Kier molecular flexibility index (Phi) is 11.7. The molecule has 1 N–H and O–H groups in total. The molecule has 0 unspecified atom stereocenters. The zero-order valence-corrected chi connectivity index (χ0v) is 26.9. The van der Waals surface area contributed by atoms with Gasteiger partial charge >= 0.3 is 0 Å². The van der Waals surface area contributed by atoms with Crippen molar-refractivity contribution in [1.82, 2.24) is 10.2 Å². The van der Waals surface area contributed by atoms with E-state index in [0.29, 0.717) is 22.9 Å². The Hall–Kier alpha value is -4.16. The van der Waals surface area contributed by atoms with Crippen LogP contribution in [-0.2, 0) is 26.2 Å². The van der Waals surface area contributed by atoms with E-state index in [2.05, 4.69) is 5.32 Å². The van der Waals surface area contributed by atoms with Crippen molar-refractivity contribution in [3.63, 3.8) is 0 Å². The Morgan fingerprint density at radius 3 is 2.23 bits per heavy atom. The number of sulfonamides is 1. The molecule has 0 bridgehead atoms. The topological polar surface area (TPSA) is 139 Å². The van der Waals surface area contributed by atoms with Crippen molar-refractivity contribution >= 4 is 44.8 Å². The number of nitrogens with zero attached hydrogens (tertiary/aromatic N) is 3. The molecule has 3 aromatic carbocycles. The van der Waals surface area contributed by atoms with Crippen molar-refractivity contribution in [2.75, 3.05) is 24.5 Å². The third-order valence-corrected chi connectivity index (χ3v) is 8.96. The number of methoxy groups -OCH3 is 1. The molecular formula is C31H37ClN4O7S. The highest BCUT2D eigenvalue weighted by Crippen LogP contribution is 2.29. The van der Waals surface area contributed by atoms with Gasteiger partial charge in [0.25, 0.3) is 15.7 Å². The summed E-state index contributed by atoms with van der Waals surface area (Å²) >= 11 is 6.06. The van der Waals surface area contributed by atoms with Crippen LogP contribution in [0.1, 0.15) is 38.3 Å². The normalized spacial score (nSPS) is 12.0. The van der Waals surface area contributed by atoms with Crippen molar-refractivity contribution in [1.29, 1.82) is 0 Å². The van der Waals surface area contributed by atoms with Crippen LogP contribution < -0.4 is 14.4 Å². The molecule has 13 heteroatoms. The highest BCUT2D eigenvalue weighted by atomic mass is 35.5. The summed E-state index contributed by atoms with van der Waals surface area (Å²) in [7, 11) is -3.04. The number of nitrogens with one attached hydrogen (secondary N) is 1. The summed E-state index contributed by atoms with van der Waals surface area (Å²) in [4.78, 5) is 39.4. The number of nitro benzene ring substituents is 1. The van der Waals surface area contributed by atoms with Gasteiger partial charge in [0.2, 0.25) is 11.8 Å². The SMILES string of the molecule is CC[C@@H](C(=O)NCC(C)C)N(Cc1ccc(Cl)cc1)C(=O)CN(c1ccc(OC)cc1)S(=O)(=O)c1ccc(C)c([N+](=O)[O-])c1. The van der Waals surface area contributed by atoms with Gasteiger partial charge in [-0.25, -0.2) is 8.42 Å². The predicted octanol–water partition coefficient (Wildman–Crippen LogP) is 5.34. The Bertz CT molecular complexity index is 1580. The lowest BCUT2D eigenvalue weighted by molar-refractivity contribution is -0.385. The van der Waals surface area contributed by atoms with Gasteiger partial charge in [-0.05, 0) is 67.3 Å². The molecule has 0 radical (unpaired) electrons. The molecule has 3 aromatic rings. The van der Waals surface area contributed by atoms with Gasteiger partial charge in [-0.3, -0.25) is 24.0 Å². The molecule has 0 saturated carbocycles. The van der Waals surface area contributed by atoms with Gasteiger partial charge in [0, 0.05) is 29.7 Å². The first-order valence-corrected chi connectivity index (χ1v) is 15.8. The van der Waals surface area contributed by atoms with Crippen LogP contribution in [0.5, 0.6) is 5.75 Å². The number of amides is 2. The number of hydrogen-bond acceptors (Lipinski definition) is 7. The number of rotatable bonds is 14. The third-order valence-electron chi connectivity index (χ3n) is 6.94. The van der Waals surface area contributed by atoms with E-state index in [1.165, 1.54) is 43.2 Å². The zero-order chi connectivity index (χ0) is 32.6. The summed E-state index contributed by atoms with van der Waals surface area (Å²) < 4.78 is 34.3. The number of halogens is 1. The number of ether oxygens (including phenoxy) is 1. The largest absolute Gasteiger partial charge is 0.497 e. The summed E-state index contributed by atoms with van der Waals surface area (Å²) in [5.41, 5.74) is 0.731. The Labute approximate surface area is 263 Å². The fourth-order valence-electron chi connectivity index (χ4n) is 4.48. The second-order valence-electron chi connectivity index (χ2n) is 10.6. The monoisotopic (exact) mass is 644 g/mol. The first-order valence-electron chi connectivity index (χ1n) is 14.0. The first-order chi connectivity index (χ1) is 20.8. The van der Waals surface area contributed by atoms with Crippen molar-refractivity contribution in [3.8, 4) is 5.75 Å². The maximum absolute atomic E-state index is 14.2. The lowest BCUT2D eigenvalue weighted by Crippen LogP contribution is -2.52. The summed E-state index contributed by atoms with van der Waals surface area (Å²) in [6, 6.07) is 15.5. The van der Waals surface area contributed by atoms with Crippen LogP contribution in [0, 0.1) is 23.0 Å². The zero-order valence-electron chi connectivity index (χ0n) is 25.3. The van der Waals surface area contributed by atoms with Gasteiger partial charge in [-0.15, -0.1) is 0 Å². The Morgan fingerprint density at radius 2 is 1.68 bits per heavy atom. The number of carbonyl (C=O) groups excluding carboxylic acids is 2. The number of benzene rings is 3. The lowest BCUT2D eigenvalue weighted by atomic mass is 10.1. The summed E-state index contributed by atoms with van der Waals surface area (Å²) in [5.74, 6) is -0.379. The third kappa shape index (κ3) is 8.48. The van der Waals surface area contributed by atoms with Crippen molar-refractivity contribution < 1.29 is 27.7 Å². The average molecular weight is 645 g/mol. The second-order valence-corrected chi connectivity index (χ2v) is 12.9. The van der Waals surface area contributed by atoms with Crippen LogP contribution in [-0.4, -0.2) is 56.3 Å². The molecular weight excluding hydrogens is 608 g/mol. The second kappa shape index (κ2) is 15.0. The number of hydrogen-bond donors (Lipinski definition) is 1. The maximum atomic E-state index is 14.2. The van der Waals surface area contributed by atoms with Gasteiger partial charge in [0.15, 0.2) is 0 Å². The van der Waals surface area contributed by atoms with Crippen LogP contribution in [0.2, 0.25) is 5.02 Å². The van der Waals surface area contributed by atoms with Crippen molar-refractivity contribution in [2.45, 2.75) is 51.6 Å². The van der Waals surface area contributed by atoms with E-state index in [4.69, 9.17) is 16.3 Å². The summed E-state index contributed by atoms with van der Waals surface area (Å²) in [5, 5.41) is 15.0. The highest BCUT2D eigenvalue weighted by Gasteiger charge is 2.34. The quantitative estimate of drug-likeness (QED) is 0.185. The summed E-state index contributed by atoms with van der Waals surface area (Å²) in [6.07, 6.45) is 0.267. The van der Waals surface area contributed by atoms with E-state index in [1.807, 2.05) is 13.8 Å². The highest BCUT2D eigenvalue weighted by molar-refractivity contribution is 7.92. The van der Waals surface area contributed by atoms with E-state index in [1.54, 1.807) is 43.3 Å². The van der Waals surface area contributed by atoms with E-state index in [0.717, 1.165) is 10.4 Å². The summed E-state index contributed by atoms with van der Waals surface area (Å²) in [6.45, 7) is 6.90. The van der Waals surface area contributed by atoms with Gasteiger partial charge < -0.3 is 15.0 Å². The minimum absolute atomic E-state index is 0.0100. The minimum Gasteiger partial charge on any atom is -0.497 e. The molecule has 2 amide bonds. The van der Waals surface area contributed by atoms with Crippen molar-refractivity contribution in [3.05, 3.63) is 93.0 Å². The predicted molar refractivity (Wildman–Crippen MR) is 169 cm³/mol. The molecule has 0 saturated heterocycles. The molecule has 0 fully saturated rings. The number of anilines is 1. The molecule has 0 aromatic heterocycles. The molecule has 0 heterocycles. The molecule has 3 rings (SSSR count). The molecule has 11 nitrogen and oxygen atoms in total. The van der Waals surface area contributed by atoms with Crippen LogP contribution in [0.25, 0.3) is 0 Å². The standard InChI is InChI=1S/C31H37ClN4O7S/c1-6-28(31(38)33-18-21(2)3)34(19-23-8-10-24(32)11-9-23)30(37)20-35(25-12-14-26(43-5)15-13-25)44(41,42)27-16-7-22(4)29(17-27)36(39)40/h7-17,21,28H,6,18-20H2,1-5H3,(H,33,38)/t28-/m0/s1. The van der Waals surface area contributed by atoms with Crippen LogP contribution >= 0.6 is 11.6 Å². The molecule has 236 valence electrons. The van der Waals surface area contributed by atoms with E-state index < -0.39 is 33.4 Å². The fourth-order valence-corrected chi connectivity index (χ4v) is 6.04. The molecule has 1 atom stereocenters. The number of nitro groups is 1. The molecule has 44 heavy (non-hydrogen) atoms. The van der Waals surface area contributed by atoms with Crippen LogP contribution in [0.4, 0.5) is 11.4 Å². The maximum Gasteiger partial charge on any atom is 0.273 e. The van der Waals surface area contributed by atoms with E-state index in [-0.39, 0.29) is 46.6 Å². The molecule has 0 aliphatic carbocycles. The lowest BCUT2D eigenvalue weighted by Gasteiger charge is -2.33. The van der Waals surface area contributed by atoms with Crippen LogP contribution in [0.15, 0.2) is 71.6 Å². The van der Waals surface area contributed by atoms with Crippen LogP contribution in [0.3, 0.4) is 0 Å². The van der Waals surface area contributed by atoms with Gasteiger partial charge in [-0.2, -0.15) is 0 Å². The average Bonchev–Trinajstić information content (AvgIpc) is 2.99. The Balaban J connectivity index is 2.10. The molecule has 0 aliphatic rings. The van der Waals surface area contributed by atoms with Gasteiger partial charge in [-0.1, -0.05) is 50.6 Å². The fraction of sp³-hybridized carbons (Fsp3) is 0.355.